The lowest BCUT2D eigenvalue weighted by molar-refractivity contribution is -0.392. The number of imide groups is 2. The molecule has 2 N–H and O–H groups in total. The van der Waals surface area contributed by atoms with E-state index in [0.717, 1.165) is 22.0 Å². The number of anilines is 3. The number of carbonyl (C=O) groups excluding carboxylic acids is 4. The molecule has 19 heteroatoms. The normalized spacial score (nSPS) is 24.4. The average Bonchev–Trinajstić information content (AvgIpc) is 3.59. The van der Waals surface area contributed by atoms with E-state index < -0.39 is 79.9 Å². The van der Waals surface area contributed by atoms with Gasteiger partial charge in [-0.25, -0.2) is 4.90 Å². The maximum absolute atomic E-state index is 15.5. The van der Waals surface area contributed by atoms with E-state index in [9.17, 15) is 34.9 Å². The van der Waals surface area contributed by atoms with Crippen molar-refractivity contribution in [3.63, 3.8) is 0 Å². The fourth-order valence-electron chi connectivity index (χ4n) is 9.65. The van der Waals surface area contributed by atoms with Gasteiger partial charge in [-0.15, -0.1) is 0 Å². The summed E-state index contributed by atoms with van der Waals surface area (Å²) in [5, 5.41) is 37.5. The molecule has 6 unspecified atom stereocenters. The summed E-state index contributed by atoms with van der Waals surface area (Å²) in [6, 6.07) is 17.7. The summed E-state index contributed by atoms with van der Waals surface area (Å²) in [4.78, 5) is 84.5. The van der Waals surface area contributed by atoms with E-state index in [2.05, 4.69) is 21.4 Å². The monoisotopic (exact) mass is 918 g/mol. The molecule has 2 aliphatic carbocycles. The van der Waals surface area contributed by atoms with Crippen molar-refractivity contribution in [1.82, 2.24) is 5.01 Å². The summed E-state index contributed by atoms with van der Waals surface area (Å²) in [5.74, 6) is -8.04. The fourth-order valence-corrected chi connectivity index (χ4v) is 10.5. The standard InChI is InChI=1S/C41H33BrCl2N6O10/c1-46(2)36-31(49(56)57)16-22(17-32(36)50(58)59)47-37(52)25-11-10-24-26(34(25)39(47)54)18-28-38(53)48(45-30-12-7-21(43)15-29(30)44)40(55)41(28,19-4-8-23(60-3)9-5-19)35(24)27-14-20(42)6-13-33(27)51/h4-10,12-17,25-26,28,34-35,45,51H,11,18H2,1-3H3. The summed E-state index contributed by atoms with van der Waals surface area (Å²) in [5.41, 5.74) is 0.453. The number of methoxy groups -OCH3 is 1. The number of phenolic OH excluding ortho intramolecular Hbond substituents is 1. The Hall–Kier alpha value is -6.04. The molecule has 2 heterocycles. The van der Waals surface area contributed by atoms with Crippen LogP contribution in [0.3, 0.4) is 0 Å². The number of rotatable bonds is 9. The molecule has 0 bridgehead atoms. The quantitative estimate of drug-likeness (QED) is 0.0723. The number of ether oxygens (including phenoxy) is 1. The average molecular weight is 921 g/mol. The molecule has 16 nitrogen and oxygen atoms in total. The van der Waals surface area contributed by atoms with Gasteiger partial charge in [-0.2, -0.15) is 5.01 Å². The van der Waals surface area contributed by atoms with E-state index in [1.165, 1.54) is 50.4 Å². The molecule has 4 amide bonds. The van der Waals surface area contributed by atoms with Gasteiger partial charge in [0.2, 0.25) is 11.8 Å². The highest BCUT2D eigenvalue weighted by molar-refractivity contribution is 9.10. The van der Waals surface area contributed by atoms with Crippen LogP contribution in [0, 0.1) is 43.9 Å². The van der Waals surface area contributed by atoms with Crippen molar-refractivity contribution in [1.29, 1.82) is 0 Å². The highest BCUT2D eigenvalue weighted by Crippen LogP contribution is 2.65. The molecule has 0 aromatic heterocycles. The summed E-state index contributed by atoms with van der Waals surface area (Å²) in [6.45, 7) is 0. The molecular weight excluding hydrogens is 887 g/mol. The lowest BCUT2D eigenvalue weighted by Crippen LogP contribution is -2.53. The zero-order chi connectivity index (χ0) is 43.1. The SMILES string of the molecule is COc1ccc(C23C(=O)N(Nc4ccc(Cl)cc4Cl)C(=O)C2CC2C(=CCC4C(=O)N(c5cc([N+](=O)[O-])c(N(C)C)c([N+](=O)[O-])c5)C(=O)C42)C3c2cc(Br)ccc2O)cc1. The first-order valence-corrected chi connectivity index (χ1v) is 20.0. The van der Waals surface area contributed by atoms with Crippen molar-refractivity contribution in [2.45, 2.75) is 24.2 Å². The molecule has 0 radical (unpaired) electrons. The van der Waals surface area contributed by atoms with Crippen LogP contribution in [0.1, 0.15) is 29.9 Å². The van der Waals surface area contributed by atoms with Gasteiger partial charge in [0.05, 0.1) is 56.5 Å². The number of benzene rings is 4. The molecule has 2 saturated heterocycles. The number of nitrogens with one attached hydrogen (secondary N) is 1. The van der Waals surface area contributed by atoms with Gasteiger partial charge < -0.3 is 14.7 Å². The number of phenols is 1. The zero-order valence-corrected chi connectivity index (χ0v) is 34.9. The van der Waals surface area contributed by atoms with Crippen molar-refractivity contribution >= 4 is 91.2 Å². The third-order valence-electron chi connectivity index (χ3n) is 12.0. The van der Waals surface area contributed by atoms with E-state index in [-0.39, 0.29) is 46.2 Å². The van der Waals surface area contributed by atoms with Crippen molar-refractivity contribution in [3.8, 4) is 11.5 Å². The predicted molar refractivity (Wildman–Crippen MR) is 223 cm³/mol. The number of nitro benzene ring substituents is 2. The maximum Gasteiger partial charge on any atom is 0.301 e. The van der Waals surface area contributed by atoms with Crippen LogP contribution in [0.15, 0.2) is 88.9 Å². The Labute approximate surface area is 359 Å². The van der Waals surface area contributed by atoms with Crippen LogP contribution in [-0.4, -0.2) is 64.8 Å². The molecule has 4 aliphatic rings. The minimum Gasteiger partial charge on any atom is -0.508 e. The topological polar surface area (TPSA) is 206 Å². The first-order chi connectivity index (χ1) is 28.5. The van der Waals surface area contributed by atoms with Gasteiger partial charge in [0.25, 0.3) is 11.8 Å². The number of carbonyl (C=O) groups is 4. The molecule has 308 valence electrons. The number of allylic oxidation sites excluding steroid dienone is 2. The summed E-state index contributed by atoms with van der Waals surface area (Å²) in [7, 11) is 4.27. The molecule has 4 aromatic carbocycles. The van der Waals surface area contributed by atoms with Gasteiger partial charge in [0.15, 0.2) is 5.69 Å². The largest absolute Gasteiger partial charge is 0.508 e. The van der Waals surface area contributed by atoms with Crippen LogP contribution in [0.4, 0.5) is 28.4 Å². The van der Waals surface area contributed by atoms with Crippen LogP contribution in [0.2, 0.25) is 10.0 Å². The Morgan fingerprint density at radius 2 is 1.57 bits per heavy atom. The lowest BCUT2D eigenvalue weighted by Gasteiger charge is -2.50. The highest BCUT2D eigenvalue weighted by Gasteiger charge is 2.71. The Kier molecular flexibility index (Phi) is 10.1. The number of hydrogen-bond donors (Lipinski definition) is 2. The fraction of sp³-hybridized carbons (Fsp3) is 0.268. The highest BCUT2D eigenvalue weighted by atomic mass is 79.9. The van der Waals surface area contributed by atoms with E-state index in [0.29, 0.717) is 26.4 Å². The van der Waals surface area contributed by atoms with Gasteiger partial charge in [-0.05, 0) is 72.9 Å². The van der Waals surface area contributed by atoms with Crippen molar-refractivity contribution in [2.75, 3.05) is 36.4 Å². The Morgan fingerprint density at radius 3 is 2.17 bits per heavy atom. The number of halogens is 3. The van der Waals surface area contributed by atoms with Crippen LogP contribution >= 0.6 is 39.1 Å². The lowest BCUT2D eigenvalue weighted by atomic mass is 9.49. The summed E-state index contributed by atoms with van der Waals surface area (Å²) in [6.07, 6.45) is 1.60. The second-order valence-electron chi connectivity index (χ2n) is 15.2. The number of hydrogen-bond acceptors (Lipinski definition) is 12. The summed E-state index contributed by atoms with van der Waals surface area (Å²) < 4.78 is 5.97. The van der Waals surface area contributed by atoms with E-state index in [1.54, 1.807) is 42.5 Å². The van der Waals surface area contributed by atoms with Gasteiger partial charge in [-0.3, -0.25) is 44.8 Å². The van der Waals surface area contributed by atoms with Crippen LogP contribution in [-0.2, 0) is 24.6 Å². The second kappa shape index (κ2) is 14.9. The Bertz CT molecular complexity index is 2570. The summed E-state index contributed by atoms with van der Waals surface area (Å²) >= 11 is 16.2. The predicted octanol–water partition coefficient (Wildman–Crippen LogP) is 7.54. The van der Waals surface area contributed by atoms with Gasteiger partial charge >= 0.3 is 11.4 Å². The van der Waals surface area contributed by atoms with Crippen LogP contribution < -0.4 is 20.0 Å². The number of hydrazine groups is 1. The van der Waals surface area contributed by atoms with E-state index >= 15 is 9.59 Å². The molecule has 1 saturated carbocycles. The number of nitro groups is 2. The molecule has 60 heavy (non-hydrogen) atoms. The van der Waals surface area contributed by atoms with Crippen LogP contribution in [0.5, 0.6) is 11.5 Å². The van der Waals surface area contributed by atoms with Crippen molar-refractivity contribution in [3.05, 3.63) is 130 Å². The number of fused-ring (bicyclic) bond motifs is 4. The maximum atomic E-state index is 15.5. The number of amides is 4. The van der Waals surface area contributed by atoms with Gasteiger partial charge in [0.1, 0.15) is 11.5 Å². The number of nitrogens with zero attached hydrogens (tertiary/aromatic N) is 5. The zero-order valence-electron chi connectivity index (χ0n) is 31.8. The second-order valence-corrected chi connectivity index (χ2v) is 16.9. The van der Waals surface area contributed by atoms with Crippen molar-refractivity contribution < 1.29 is 38.9 Å². The molecule has 2 aliphatic heterocycles. The first-order valence-electron chi connectivity index (χ1n) is 18.5. The molecule has 0 spiro atoms. The molecule has 4 aromatic rings. The third-order valence-corrected chi connectivity index (χ3v) is 13.1. The minimum absolute atomic E-state index is 0.0311. The van der Waals surface area contributed by atoms with E-state index in [1.807, 2.05) is 0 Å². The Balaban J connectivity index is 1.32. The smallest absolute Gasteiger partial charge is 0.301 e. The van der Waals surface area contributed by atoms with E-state index in [4.69, 9.17) is 27.9 Å². The molecule has 6 atom stereocenters. The minimum atomic E-state index is -1.77. The first kappa shape index (κ1) is 40.7. The van der Waals surface area contributed by atoms with Crippen LogP contribution in [0.25, 0.3) is 0 Å². The van der Waals surface area contributed by atoms with Gasteiger partial charge in [0, 0.05) is 47.2 Å². The van der Waals surface area contributed by atoms with Gasteiger partial charge in [-0.1, -0.05) is 62.9 Å². The molecular formula is C41H33BrCl2N6O10. The molecule has 3 fully saturated rings. The molecule has 8 rings (SSSR count). The third kappa shape index (κ3) is 6.08. The Morgan fingerprint density at radius 1 is 0.900 bits per heavy atom. The van der Waals surface area contributed by atoms with Crippen molar-refractivity contribution in [2.24, 2.45) is 23.7 Å². The number of aromatic hydroxyl groups is 1.